The maximum Gasteiger partial charge on any atom is 0.305 e. The Morgan fingerprint density at radius 2 is 0.875 bits per heavy atom. The Hall–Kier alpha value is -1.50. The van der Waals surface area contributed by atoms with Crippen LogP contribution in [0, 0.1) is 0 Å². The fourth-order valence-electron chi connectivity index (χ4n) is 8.36. The number of aliphatic hydroxyl groups excluding tert-OH is 7. The second-order valence-corrected chi connectivity index (χ2v) is 18.4. The highest BCUT2D eigenvalue weighted by atomic mass is 16.7. The van der Waals surface area contributed by atoms with Gasteiger partial charge < -0.3 is 64.2 Å². The number of aliphatic hydroxyl groups is 7. The lowest BCUT2D eigenvalue weighted by molar-refractivity contribution is -0.361. The summed E-state index contributed by atoms with van der Waals surface area (Å²) in [6, 6.07) is 0. The van der Waals surface area contributed by atoms with Crippen molar-refractivity contribution >= 4 is 11.9 Å². The van der Waals surface area contributed by atoms with Crippen LogP contribution in [0.3, 0.4) is 0 Å². The van der Waals surface area contributed by atoms with Crippen molar-refractivity contribution in [3.8, 4) is 0 Å². The average molecular weight is 921 g/mol. The van der Waals surface area contributed by atoms with Crippen molar-refractivity contribution in [1.29, 1.82) is 0 Å². The first-order chi connectivity index (χ1) is 31.0. The minimum Gasteiger partial charge on any atom is -0.463 e. The van der Waals surface area contributed by atoms with Crippen molar-refractivity contribution in [2.24, 2.45) is 0 Å². The van der Waals surface area contributed by atoms with Crippen molar-refractivity contribution in [2.45, 2.75) is 274 Å². The molecule has 64 heavy (non-hydrogen) atoms. The van der Waals surface area contributed by atoms with Crippen molar-refractivity contribution in [3.05, 3.63) is 0 Å². The van der Waals surface area contributed by atoms with E-state index in [-0.39, 0.29) is 19.4 Å². The third-order valence-electron chi connectivity index (χ3n) is 12.5. The van der Waals surface area contributed by atoms with Crippen molar-refractivity contribution in [3.63, 3.8) is 0 Å². The fraction of sp³-hybridized carbons (Fsp3) is 0.959. The van der Waals surface area contributed by atoms with Crippen LogP contribution in [0.2, 0.25) is 0 Å². The number of hydrogen-bond acceptors (Lipinski definition) is 15. The van der Waals surface area contributed by atoms with Gasteiger partial charge in [-0.1, -0.05) is 181 Å². The summed E-state index contributed by atoms with van der Waals surface area (Å²) >= 11 is 0. The summed E-state index contributed by atoms with van der Waals surface area (Å²) in [4.78, 5) is 25.1. The molecule has 0 bridgehead atoms. The van der Waals surface area contributed by atoms with Crippen LogP contribution in [0.5, 0.6) is 0 Å². The van der Waals surface area contributed by atoms with Crippen LogP contribution in [-0.4, -0.2) is 142 Å². The molecule has 2 aliphatic rings. The van der Waals surface area contributed by atoms with Gasteiger partial charge in [0.2, 0.25) is 0 Å². The van der Waals surface area contributed by atoms with Gasteiger partial charge in [0.05, 0.1) is 13.2 Å². The third-order valence-corrected chi connectivity index (χ3v) is 12.5. The minimum atomic E-state index is -1.83. The number of carbonyl (C=O) groups is 2. The molecule has 0 aromatic rings. The molecule has 2 rings (SSSR count). The van der Waals surface area contributed by atoms with Crippen LogP contribution in [-0.2, 0) is 38.0 Å². The second-order valence-electron chi connectivity index (χ2n) is 18.4. The molecule has 2 fully saturated rings. The Morgan fingerprint density at radius 3 is 1.31 bits per heavy atom. The molecule has 1 unspecified atom stereocenters. The summed E-state index contributed by atoms with van der Waals surface area (Å²) in [5, 5.41) is 73.8. The van der Waals surface area contributed by atoms with Crippen LogP contribution in [0.4, 0.5) is 0 Å². The van der Waals surface area contributed by atoms with Gasteiger partial charge in [0.25, 0.3) is 0 Å². The minimum absolute atomic E-state index is 0.165. The van der Waals surface area contributed by atoms with Crippen LogP contribution in [0.15, 0.2) is 0 Å². The molecule has 15 heteroatoms. The Bertz CT molecular complexity index is 1130. The largest absolute Gasteiger partial charge is 0.463 e. The molecule has 0 aromatic heterocycles. The first-order valence-electron chi connectivity index (χ1n) is 25.6. The molecule has 11 atom stereocenters. The molecule has 0 radical (unpaired) electrons. The van der Waals surface area contributed by atoms with Crippen molar-refractivity contribution < 1.29 is 73.8 Å². The molecule has 2 saturated heterocycles. The zero-order valence-electron chi connectivity index (χ0n) is 39.8. The van der Waals surface area contributed by atoms with Crippen LogP contribution in [0.25, 0.3) is 0 Å². The Morgan fingerprint density at radius 1 is 0.469 bits per heavy atom. The predicted octanol–water partition coefficient (Wildman–Crippen LogP) is 6.82. The number of rotatable bonds is 40. The normalized spacial score (nSPS) is 26.5. The lowest BCUT2D eigenvalue weighted by atomic mass is 9.97. The van der Waals surface area contributed by atoms with E-state index in [1.165, 1.54) is 128 Å². The van der Waals surface area contributed by atoms with Gasteiger partial charge in [-0.3, -0.25) is 9.59 Å². The molecule has 0 aliphatic carbocycles. The molecule has 7 N–H and O–H groups in total. The highest BCUT2D eigenvalue weighted by Gasteiger charge is 2.51. The Labute approximate surface area is 385 Å². The molecule has 378 valence electrons. The van der Waals surface area contributed by atoms with Gasteiger partial charge in [-0.2, -0.15) is 0 Å². The van der Waals surface area contributed by atoms with E-state index in [1.54, 1.807) is 0 Å². The number of unbranched alkanes of at least 4 members (excludes halogenated alkanes) is 26. The van der Waals surface area contributed by atoms with Crippen LogP contribution >= 0.6 is 0 Å². The van der Waals surface area contributed by atoms with Crippen molar-refractivity contribution in [1.82, 2.24) is 0 Å². The predicted molar refractivity (Wildman–Crippen MR) is 243 cm³/mol. The molecule has 2 heterocycles. The first kappa shape index (κ1) is 58.6. The Balaban J connectivity index is 1.76. The molecular weight excluding hydrogens is 829 g/mol. The summed E-state index contributed by atoms with van der Waals surface area (Å²) in [6.45, 7) is 2.48. The third kappa shape index (κ3) is 25.6. The van der Waals surface area contributed by atoms with E-state index < -0.39 is 99.3 Å². The zero-order valence-corrected chi connectivity index (χ0v) is 39.8. The fourth-order valence-corrected chi connectivity index (χ4v) is 8.36. The molecule has 0 amide bonds. The van der Waals surface area contributed by atoms with Crippen LogP contribution < -0.4 is 0 Å². The summed E-state index contributed by atoms with van der Waals surface area (Å²) < 4.78 is 33.3. The second kappa shape index (κ2) is 37.5. The quantitative estimate of drug-likeness (QED) is 0.0247. The molecule has 2 aliphatic heterocycles. The molecule has 15 nitrogen and oxygen atoms in total. The summed E-state index contributed by atoms with van der Waals surface area (Å²) in [5.41, 5.74) is 0. The topological polar surface area (TPSA) is 231 Å². The van der Waals surface area contributed by atoms with E-state index in [9.17, 15) is 45.3 Å². The van der Waals surface area contributed by atoms with Crippen LogP contribution in [0.1, 0.15) is 206 Å². The average Bonchev–Trinajstić information content (AvgIpc) is 3.29. The molecule has 0 spiro atoms. The monoisotopic (exact) mass is 921 g/mol. The van der Waals surface area contributed by atoms with Gasteiger partial charge >= 0.3 is 11.9 Å². The van der Waals surface area contributed by atoms with Crippen molar-refractivity contribution in [2.75, 3.05) is 26.4 Å². The lowest BCUT2D eigenvalue weighted by Gasteiger charge is -2.46. The van der Waals surface area contributed by atoms with Gasteiger partial charge in [0, 0.05) is 12.8 Å². The number of esters is 2. The maximum absolute atomic E-state index is 12.7. The number of ether oxygens (including phenoxy) is 6. The highest BCUT2D eigenvalue weighted by Crippen LogP contribution is 2.30. The van der Waals surface area contributed by atoms with Gasteiger partial charge in [-0.25, -0.2) is 0 Å². The summed E-state index contributed by atoms with van der Waals surface area (Å²) in [5.74, 6) is -0.949. The molecular formula is C49H92O15. The standard InChI is InChI=1S/C49H92O15/c1-3-5-7-9-11-13-15-17-19-21-23-25-27-29-31-40(52)59-34-37(51)35-61-48-46(58)47(64-49-45(57)44(56)42(54)38(33-50)62-49)43(55)39(63-48)36-60-41(53)32-30-28-26-24-22-20-18-16-14-12-10-8-6-4-2/h37-39,42-51,54-58H,3-36H2,1-2H3/t37?,38-,39-,42-,43-,44+,45-,46+,47+,48+,49-/m1/s1. The Kier molecular flexibility index (Phi) is 34.3. The van der Waals surface area contributed by atoms with E-state index in [2.05, 4.69) is 13.8 Å². The van der Waals surface area contributed by atoms with Gasteiger partial charge in [0.15, 0.2) is 12.6 Å². The van der Waals surface area contributed by atoms with Gasteiger partial charge in [-0.15, -0.1) is 0 Å². The lowest BCUT2D eigenvalue weighted by Crippen LogP contribution is -2.65. The van der Waals surface area contributed by atoms with E-state index in [0.717, 1.165) is 38.5 Å². The van der Waals surface area contributed by atoms with E-state index in [1.807, 2.05) is 0 Å². The molecule has 0 aromatic carbocycles. The summed E-state index contributed by atoms with van der Waals surface area (Å²) in [6.07, 6.45) is 16.3. The van der Waals surface area contributed by atoms with E-state index in [0.29, 0.717) is 12.8 Å². The number of carbonyl (C=O) groups excluding carboxylic acids is 2. The van der Waals surface area contributed by atoms with Gasteiger partial charge in [-0.05, 0) is 12.8 Å². The maximum atomic E-state index is 12.7. The first-order valence-corrected chi connectivity index (χ1v) is 25.6. The smallest absolute Gasteiger partial charge is 0.305 e. The van der Waals surface area contributed by atoms with Gasteiger partial charge in [0.1, 0.15) is 68.1 Å². The van der Waals surface area contributed by atoms with E-state index >= 15 is 0 Å². The van der Waals surface area contributed by atoms with E-state index in [4.69, 9.17) is 28.4 Å². The molecule has 0 saturated carbocycles. The highest BCUT2D eigenvalue weighted by molar-refractivity contribution is 5.69. The number of hydrogen-bond donors (Lipinski definition) is 7. The zero-order chi connectivity index (χ0) is 46.8. The SMILES string of the molecule is CCCCCCCCCCCCCCCCC(=O)OCC(O)CO[C@H]1O[C@H](COC(=O)CCCCCCCCCCCCCCCC)[C@@H](O)[C@H](O[C@H]2O[C@H](CO)[C@@H](O)[C@H](O)[C@H]2O)[C@@H]1O. The summed E-state index contributed by atoms with van der Waals surface area (Å²) in [7, 11) is 0.